The van der Waals surface area contributed by atoms with E-state index in [-0.39, 0.29) is 36.5 Å². The lowest BCUT2D eigenvalue weighted by molar-refractivity contribution is -0.140. The summed E-state index contributed by atoms with van der Waals surface area (Å²) in [6.07, 6.45) is 2.71. The minimum atomic E-state index is -4.67. The Morgan fingerprint density at radius 2 is 1.91 bits per heavy atom. The number of H-pyrrole nitrogens is 1. The molecule has 4 aromatic rings. The van der Waals surface area contributed by atoms with Gasteiger partial charge in [0, 0.05) is 50.2 Å². The average molecular weight is 651 g/mol. The van der Waals surface area contributed by atoms with Crippen LogP contribution in [0.2, 0.25) is 0 Å². The van der Waals surface area contributed by atoms with Crippen LogP contribution in [0, 0.1) is 0 Å². The van der Waals surface area contributed by atoms with E-state index >= 15 is 0 Å². The quantitative estimate of drug-likeness (QED) is 0.250. The highest BCUT2D eigenvalue weighted by atomic mass is 19.4. The zero-order valence-corrected chi connectivity index (χ0v) is 26.3. The van der Waals surface area contributed by atoms with E-state index in [1.807, 2.05) is 26.1 Å². The minimum absolute atomic E-state index is 0.0370. The van der Waals surface area contributed by atoms with E-state index in [0.29, 0.717) is 55.1 Å². The number of hydrogen-bond donors (Lipinski definition) is 2. The van der Waals surface area contributed by atoms with Crippen LogP contribution in [0.3, 0.4) is 0 Å². The smallest absolute Gasteiger partial charge is 0.421 e. The fourth-order valence-corrected chi connectivity index (χ4v) is 6.48. The molecule has 0 unspecified atom stereocenters. The maximum atomic E-state index is 14.1. The summed E-state index contributed by atoms with van der Waals surface area (Å²) in [5.74, 6) is 0.256. The summed E-state index contributed by atoms with van der Waals surface area (Å²) in [5.41, 5.74) is 1.37. The summed E-state index contributed by atoms with van der Waals surface area (Å²) in [6, 6.07) is 6.45. The van der Waals surface area contributed by atoms with Gasteiger partial charge in [0.05, 0.1) is 23.7 Å². The number of aliphatic hydroxyl groups is 1. The van der Waals surface area contributed by atoms with E-state index in [4.69, 9.17) is 14.5 Å². The second-order valence-corrected chi connectivity index (χ2v) is 13.0. The number of nitrogens with zero attached hydrogens (tertiary/aromatic N) is 5. The first-order chi connectivity index (χ1) is 22.5. The van der Waals surface area contributed by atoms with E-state index in [9.17, 15) is 23.1 Å². The lowest BCUT2D eigenvalue weighted by Crippen LogP contribution is -2.39. The summed E-state index contributed by atoms with van der Waals surface area (Å²) < 4.78 is 54.2. The first kappa shape index (κ1) is 31.4. The monoisotopic (exact) mass is 650 g/mol. The molecule has 0 bridgehead atoms. The van der Waals surface area contributed by atoms with Crippen molar-refractivity contribution < 1.29 is 32.5 Å². The highest BCUT2D eigenvalue weighted by molar-refractivity contribution is 5.84. The van der Waals surface area contributed by atoms with Gasteiger partial charge in [-0.15, -0.1) is 0 Å². The van der Waals surface area contributed by atoms with Gasteiger partial charge in [0.15, 0.2) is 0 Å². The Hall–Kier alpha value is -4.23. The number of likely N-dealkylation sites (tertiary alicyclic amines) is 1. The fourth-order valence-electron chi connectivity index (χ4n) is 6.48. The maximum Gasteiger partial charge on any atom is 0.421 e. The van der Waals surface area contributed by atoms with Gasteiger partial charge in [-0.2, -0.15) is 13.2 Å². The number of rotatable bonds is 8. The van der Waals surface area contributed by atoms with Gasteiger partial charge in [-0.1, -0.05) is 6.92 Å². The summed E-state index contributed by atoms with van der Waals surface area (Å²) in [6.45, 7) is 4.16. The number of ether oxygens (including phenoxy) is 2. The Morgan fingerprint density at radius 1 is 1.13 bits per heavy atom. The SMILES string of the molecule is CC[C@@H]1CN(C(=O)Cc2cnc(OC3CCN(C)CC3)c(C(F)(F)F)c2)Cc2cc(Oc3ccnc4[nH]c(C5(O)CC5)cc34)cnc21. The molecule has 1 amide bonds. The number of nitrogens with one attached hydrogen (secondary N) is 1. The molecule has 6 heterocycles. The van der Waals surface area contributed by atoms with Crippen LogP contribution in [-0.2, 0) is 29.5 Å². The molecule has 248 valence electrons. The molecule has 2 aliphatic heterocycles. The van der Waals surface area contributed by atoms with Crippen LogP contribution in [0.25, 0.3) is 11.0 Å². The third kappa shape index (κ3) is 6.51. The number of halogens is 3. The molecule has 0 spiro atoms. The Kier molecular flexibility index (Phi) is 8.07. The predicted molar refractivity (Wildman–Crippen MR) is 166 cm³/mol. The van der Waals surface area contributed by atoms with Crippen LogP contribution in [0.4, 0.5) is 13.2 Å². The largest absolute Gasteiger partial charge is 0.474 e. The summed E-state index contributed by atoms with van der Waals surface area (Å²) in [5, 5.41) is 11.3. The van der Waals surface area contributed by atoms with Crippen molar-refractivity contribution in [1.29, 1.82) is 0 Å². The molecule has 4 aromatic heterocycles. The van der Waals surface area contributed by atoms with Gasteiger partial charge in [-0.05, 0) is 74.5 Å². The number of pyridine rings is 3. The van der Waals surface area contributed by atoms with Crippen LogP contribution >= 0.6 is 0 Å². The zero-order chi connectivity index (χ0) is 32.9. The highest BCUT2D eigenvalue weighted by Crippen LogP contribution is 2.46. The van der Waals surface area contributed by atoms with Crippen LogP contribution in [-0.4, -0.2) is 73.5 Å². The maximum absolute atomic E-state index is 14.1. The molecule has 1 atom stereocenters. The summed E-state index contributed by atoms with van der Waals surface area (Å²) in [4.78, 5) is 33.6. The Labute approximate surface area is 269 Å². The second kappa shape index (κ2) is 12.1. The molecule has 2 N–H and O–H groups in total. The van der Waals surface area contributed by atoms with Crippen molar-refractivity contribution in [1.82, 2.24) is 29.7 Å². The fraction of sp³-hybridized carbons (Fsp3) is 0.471. The normalized spacial score (nSPS) is 19.9. The minimum Gasteiger partial charge on any atom is -0.474 e. The lowest BCUT2D eigenvalue weighted by Gasteiger charge is -2.34. The van der Waals surface area contributed by atoms with Gasteiger partial charge < -0.3 is 29.4 Å². The van der Waals surface area contributed by atoms with Gasteiger partial charge in [-0.25, -0.2) is 9.97 Å². The molecule has 3 aliphatic rings. The van der Waals surface area contributed by atoms with Crippen molar-refractivity contribution >= 4 is 16.9 Å². The van der Waals surface area contributed by atoms with Crippen molar-refractivity contribution in [3.8, 4) is 17.4 Å². The van der Waals surface area contributed by atoms with Crippen LogP contribution < -0.4 is 9.47 Å². The first-order valence-electron chi connectivity index (χ1n) is 16.1. The third-order valence-corrected chi connectivity index (χ3v) is 9.47. The molecule has 1 saturated heterocycles. The summed E-state index contributed by atoms with van der Waals surface area (Å²) in [7, 11) is 1.97. The van der Waals surface area contributed by atoms with Crippen LogP contribution in [0.15, 0.2) is 42.9 Å². The molecule has 10 nitrogen and oxygen atoms in total. The molecule has 47 heavy (non-hydrogen) atoms. The molecule has 2 fully saturated rings. The second-order valence-electron chi connectivity index (χ2n) is 13.0. The zero-order valence-electron chi connectivity index (χ0n) is 26.3. The lowest BCUT2D eigenvalue weighted by atomic mass is 9.92. The van der Waals surface area contributed by atoms with Gasteiger partial charge in [0.1, 0.15) is 34.4 Å². The van der Waals surface area contributed by atoms with Crippen molar-refractivity contribution in [3.05, 3.63) is 70.9 Å². The van der Waals surface area contributed by atoms with Crippen LogP contribution in [0.1, 0.15) is 73.0 Å². The number of alkyl halides is 3. The molecule has 7 rings (SSSR count). The molecular formula is C34H37F3N6O4. The molecular weight excluding hydrogens is 613 g/mol. The van der Waals surface area contributed by atoms with Crippen molar-refractivity contribution in [2.24, 2.45) is 0 Å². The van der Waals surface area contributed by atoms with E-state index in [1.165, 1.54) is 6.20 Å². The number of carbonyl (C=O) groups is 1. The number of carbonyl (C=O) groups excluding carboxylic acids is 1. The topological polar surface area (TPSA) is 117 Å². The van der Waals surface area contributed by atoms with Crippen molar-refractivity contribution in [3.63, 3.8) is 0 Å². The summed E-state index contributed by atoms with van der Waals surface area (Å²) >= 11 is 0. The van der Waals surface area contributed by atoms with Crippen molar-refractivity contribution in [2.75, 3.05) is 26.7 Å². The molecule has 0 radical (unpaired) electrons. The number of amides is 1. The predicted octanol–water partition coefficient (Wildman–Crippen LogP) is 5.70. The van der Waals surface area contributed by atoms with Gasteiger partial charge in [-0.3, -0.25) is 9.78 Å². The van der Waals surface area contributed by atoms with E-state index < -0.39 is 23.2 Å². The molecule has 13 heteroatoms. The number of fused-ring (bicyclic) bond motifs is 2. The third-order valence-electron chi connectivity index (χ3n) is 9.47. The van der Waals surface area contributed by atoms with Gasteiger partial charge in [0.2, 0.25) is 11.8 Å². The van der Waals surface area contributed by atoms with Crippen molar-refractivity contribution in [2.45, 2.75) is 75.8 Å². The standard InChI is InChI=1S/C34H37F3N6O4/c1-3-21-18-43(29(44)13-20-12-26(34(35,36)37)32(40-16-20)47-23-5-10-42(2)11-6-23)19-22-14-24(17-39-30(21)22)46-27-4-9-38-31-25(27)15-28(41-31)33(45)7-8-33/h4,9,12,14-17,21,23,45H,3,5-8,10-11,13,18-19H2,1-2H3,(H,38,41)/t21-/m1/s1. The number of aromatic nitrogens is 4. The Bertz CT molecular complexity index is 1800. The first-order valence-corrected chi connectivity index (χ1v) is 16.1. The molecule has 1 aliphatic carbocycles. The Balaban J connectivity index is 1.08. The molecule has 0 aromatic carbocycles. The van der Waals surface area contributed by atoms with E-state index in [0.717, 1.165) is 42.2 Å². The van der Waals surface area contributed by atoms with Gasteiger partial charge >= 0.3 is 6.18 Å². The van der Waals surface area contributed by atoms with E-state index in [2.05, 4.69) is 19.9 Å². The average Bonchev–Trinajstić information content (AvgIpc) is 3.63. The number of piperidine rings is 1. The number of aromatic amines is 1. The van der Waals surface area contributed by atoms with Gasteiger partial charge in [0.25, 0.3) is 0 Å². The number of hydrogen-bond acceptors (Lipinski definition) is 8. The highest BCUT2D eigenvalue weighted by Gasteiger charge is 2.44. The van der Waals surface area contributed by atoms with E-state index in [1.54, 1.807) is 23.4 Å². The Morgan fingerprint density at radius 3 is 2.64 bits per heavy atom. The molecule has 1 saturated carbocycles. The van der Waals surface area contributed by atoms with Crippen LogP contribution in [0.5, 0.6) is 17.4 Å².